The quantitative estimate of drug-likeness (QED) is 0.547. The van der Waals surface area contributed by atoms with Gasteiger partial charge in [-0.25, -0.2) is 4.98 Å². The highest BCUT2D eigenvalue weighted by molar-refractivity contribution is 5.84. The molecule has 1 N–H and O–H groups in total. The standard InChI is InChI=1S/C25H25N5O/c31-24-8-10-25(30(24)17-18-4-3-7-20-19(18)9-13-26-20)11-14-29(15-12-25)23-16-27-21-5-1-2-6-22(21)28-23/h1-7,9,13,16,26H,8,10-12,14-15,17H2. The smallest absolute Gasteiger partial charge is 0.223 e. The highest BCUT2D eigenvalue weighted by Crippen LogP contribution is 2.41. The Balaban J connectivity index is 1.24. The van der Waals surface area contributed by atoms with E-state index in [0.29, 0.717) is 13.0 Å². The summed E-state index contributed by atoms with van der Waals surface area (Å²) in [6.45, 7) is 2.47. The molecule has 2 fully saturated rings. The normalized spacial score (nSPS) is 18.5. The van der Waals surface area contributed by atoms with E-state index in [0.717, 1.165) is 54.7 Å². The van der Waals surface area contributed by atoms with Gasteiger partial charge in [0.15, 0.2) is 0 Å². The van der Waals surface area contributed by atoms with Crippen molar-refractivity contribution in [1.82, 2.24) is 19.9 Å². The molecule has 2 saturated heterocycles. The Bertz CT molecular complexity index is 1270. The van der Waals surface area contributed by atoms with Crippen LogP contribution in [0.5, 0.6) is 0 Å². The van der Waals surface area contributed by atoms with Crippen LogP contribution in [0.25, 0.3) is 21.9 Å². The Hall–Kier alpha value is -3.41. The summed E-state index contributed by atoms with van der Waals surface area (Å²) in [7, 11) is 0. The minimum Gasteiger partial charge on any atom is -0.361 e. The van der Waals surface area contributed by atoms with Gasteiger partial charge in [-0.15, -0.1) is 0 Å². The highest BCUT2D eigenvalue weighted by atomic mass is 16.2. The van der Waals surface area contributed by atoms with Gasteiger partial charge in [0.1, 0.15) is 5.82 Å². The van der Waals surface area contributed by atoms with Gasteiger partial charge in [-0.2, -0.15) is 0 Å². The van der Waals surface area contributed by atoms with Crippen molar-refractivity contribution < 1.29 is 4.79 Å². The number of hydrogen-bond acceptors (Lipinski definition) is 4. The number of piperidine rings is 1. The molecule has 2 aromatic carbocycles. The molecular weight excluding hydrogens is 386 g/mol. The molecule has 156 valence electrons. The maximum atomic E-state index is 12.9. The monoisotopic (exact) mass is 411 g/mol. The van der Waals surface area contributed by atoms with Crippen molar-refractivity contribution in [3.63, 3.8) is 0 Å². The summed E-state index contributed by atoms with van der Waals surface area (Å²) in [5.74, 6) is 1.22. The van der Waals surface area contributed by atoms with E-state index in [4.69, 9.17) is 4.98 Å². The first-order valence-corrected chi connectivity index (χ1v) is 11.0. The van der Waals surface area contributed by atoms with Gasteiger partial charge >= 0.3 is 0 Å². The first-order valence-electron chi connectivity index (χ1n) is 11.0. The number of anilines is 1. The van der Waals surface area contributed by atoms with Crippen LogP contribution in [0.2, 0.25) is 0 Å². The number of hydrogen-bond donors (Lipinski definition) is 1. The van der Waals surface area contributed by atoms with Crippen LogP contribution in [0.15, 0.2) is 60.9 Å². The lowest BCUT2D eigenvalue weighted by Gasteiger charge is -2.45. The summed E-state index contributed by atoms with van der Waals surface area (Å²) in [5.41, 5.74) is 4.15. The Labute approximate surface area is 180 Å². The fourth-order valence-corrected chi connectivity index (χ4v) is 5.36. The van der Waals surface area contributed by atoms with Crippen LogP contribution in [0.1, 0.15) is 31.2 Å². The van der Waals surface area contributed by atoms with Crippen LogP contribution in [0, 0.1) is 0 Å². The number of nitrogens with zero attached hydrogens (tertiary/aromatic N) is 4. The lowest BCUT2D eigenvalue weighted by atomic mass is 9.84. The molecule has 0 radical (unpaired) electrons. The third-order valence-corrected chi connectivity index (χ3v) is 7.15. The predicted octanol–water partition coefficient (Wildman–Crippen LogP) is 4.27. The number of likely N-dealkylation sites (tertiary alicyclic amines) is 1. The van der Waals surface area contributed by atoms with Crippen molar-refractivity contribution in [3.8, 4) is 0 Å². The molecule has 0 unspecified atom stereocenters. The summed E-state index contributed by atoms with van der Waals surface area (Å²) in [6, 6.07) is 16.4. The summed E-state index contributed by atoms with van der Waals surface area (Å²) in [5, 5.41) is 1.21. The van der Waals surface area contributed by atoms with Gasteiger partial charge in [0.2, 0.25) is 5.91 Å². The van der Waals surface area contributed by atoms with Crippen molar-refractivity contribution in [2.24, 2.45) is 0 Å². The maximum Gasteiger partial charge on any atom is 0.223 e. The lowest BCUT2D eigenvalue weighted by Crippen LogP contribution is -2.53. The van der Waals surface area contributed by atoms with Crippen molar-refractivity contribution in [2.75, 3.05) is 18.0 Å². The molecule has 6 rings (SSSR count). The number of nitrogens with one attached hydrogen (secondary N) is 1. The molecule has 0 bridgehead atoms. The van der Waals surface area contributed by atoms with Crippen LogP contribution in [-0.2, 0) is 11.3 Å². The van der Waals surface area contributed by atoms with Gasteiger partial charge < -0.3 is 14.8 Å². The number of carbonyl (C=O) groups is 1. The van der Waals surface area contributed by atoms with Crippen molar-refractivity contribution in [2.45, 2.75) is 37.8 Å². The lowest BCUT2D eigenvalue weighted by molar-refractivity contribution is -0.132. The van der Waals surface area contributed by atoms with E-state index in [1.165, 1.54) is 10.9 Å². The molecule has 31 heavy (non-hydrogen) atoms. The molecule has 6 heteroatoms. The third kappa shape index (κ3) is 3.05. The number of benzene rings is 2. The Morgan fingerprint density at radius 2 is 1.81 bits per heavy atom. The third-order valence-electron chi connectivity index (χ3n) is 7.15. The summed E-state index contributed by atoms with van der Waals surface area (Å²) in [4.78, 5) is 30.1. The Morgan fingerprint density at radius 1 is 0.968 bits per heavy atom. The zero-order valence-electron chi connectivity index (χ0n) is 17.4. The van der Waals surface area contributed by atoms with Gasteiger partial charge in [-0.3, -0.25) is 9.78 Å². The van der Waals surface area contributed by atoms with E-state index in [2.05, 4.69) is 44.0 Å². The number of para-hydroxylation sites is 2. The van der Waals surface area contributed by atoms with E-state index in [1.54, 1.807) is 0 Å². The summed E-state index contributed by atoms with van der Waals surface area (Å²) >= 11 is 0. The van der Waals surface area contributed by atoms with Gasteiger partial charge in [0.05, 0.1) is 17.2 Å². The molecule has 0 atom stereocenters. The Morgan fingerprint density at radius 3 is 2.68 bits per heavy atom. The average molecular weight is 412 g/mol. The summed E-state index contributed by atoms with van der Waals surface area (Å²) < 4.78 is 0. The molecule has 1 spiro atoms. The van der Waals surface area contributed by atoms with Gasteiger partial charge in [-0.1, -0.05) is 24.3 Å². The highest BCUT2D eigenvalue weighted by Gasteiger charge is 2.47. The van der Waals surface area contributed by atoms with Gasteiger partial charge in [0.25, 0.3) is 0 Å². The van der Waals surface area contributed by atoms with Crippen molar-refractivity contribution in [1.29, 1.82) is 0 Å². The number of H-pyrrole nitrogens is 1. The minimum atomic E-state index is -0.0453. The molecular formula is C25H25N5O. The van der Waals surface area contributed by atoms with E-state index < -0.39 is 0 Å². The van der Waals surface area contributed by atoms with Crippen molar-refractivity contribution in [3.05, 3.63) is 66.5 Å². The Kier molecular flexibility index (Phi) is 4.19. The van der Waals surface area contributed by atoms with Crippen LogP contribution in [0.4, 0.5) is 5.82 Å². The van der Waals surface area contributed by atoms with Crippen LogP contribution in [0.3, 0.4) is 0 Å². The second-order valence-electron chi connectivity index (χ2n) is 8.76. The van der Waals surface area contributed by atoms with Crippen LogP contribution >= 0.6 is 0 Å². The molecule has 1 amide bonds. The topological polar surface area (TPSA) is 65.1 Å². The number of fused-ring (bicyclic) bond motifs is 2. The average Bonchev–Trinajstić information content (AvgIpc) is 3.41. The number of carbonyl (C=O) groups excluding carboxylic acids is 1. The molecule has 4 heterocycles. The van der Waals surface area contributed by atoms with Crippen LogP contribution in [-0.4, -0.2) is 44.4 Å². The maximum absolute atomic E-state index is 12.9. The molecule has 2 aromatic heterocycles. The molecule has 0 saturated carbocycles. The molecule has 6 nitrogen and oxygen atoms in total. The number of aromatic amines is 1. The molecule has 4 aromatic rings. The van der Waals surface area contributed by atoms with E-state index in [9.17, 15) is 4.79 Å². The molecule has 2 aliphatic rings. The summed E-state index contributed by atoms with van der Waals surface area (Å²) in [6.07, 6.45) is 7.39. The number of rotatable bonds is 3. The van der Waals surface area contributed by atoms with Crippen molar-refractivity contribution >= 4 is 33.7 Å². The number of aromatic nitrogens is 3. The SMILES string of the molecule is O=C1CCC2(CCN(c3cnc4ccccc4n3)CC2)N1Cc1cccc2[nH]ccc12. The molecule has 2 aliphatic heterocycles. The van der Waals surface area contributed by atoms with E-state index in [-0.39, 0.29) is 11.4 Å². The predicted molar refractivity (Wildman–Crippen MR) is 122 cm³/mol. The van der Waals surface area contributed by atoms with E-state index >= 15 is 0 Å². The fourth-order valence-electron chi connectivity index (χ4n) is 5.36. The zero-order chi connectivity index (χ0) is 20.8. The first kappa shape index (κ1) is 18.4. The van der Waals surface area contributed by atoms with E-state index in [1.807, 2.05) is 36.7 Å². The fraction of sp³-hybridized carbons (Fsp3) is 0.320. The second kappa shape index (κ2) is 7.08. The van der Waals surface area contributed by atoms with Crippen LogP contribution < -0.4 is 4.90 Å². The minimum absolute atomic E-state index is 0.0453. The zero-order valence-corrected chi connectivity index (χ0v) is 17.4. The number of amides is 1. The van der Waals surface area contributed by atoms with Gasteiger partial charge in [0, 0.05) is 48.7 Å². The van der Waals surface area contributed by atoms with Gasteiger partial charge in [-0.05, 0) is 49.1 Å². The molecule has 0 aliphatic carbocycles. The second-order valence-corrected chi connectivity index (χ2v) is 8.76. The first-order chi connectivity index (χ1) is 15.2. The largest absolute Gasteiger partial charge is 0.361 e.